The first-order chi connectivity index (χ1) is 6.40. The maximum Gasteiger partial charge on any atom is 0.0576 e. The first-order valence-electron chi connectivity index (χ1n) is 5.09. The Morgan fingerprint density at radius 2 is 2.46 bits per heavy atom. The highest BCUT2D eigenvalue weighted by Crippen LogP contribution is 2.21. The molecular formula is C11H16N2. The molecule has 2 heteroatoms. The topological polar surface area (TPSA) is 24.9 Å². The molecule has 1 aromatic heterocycles. The van der Waals surface area contributed by atoms with E-state index in [0.29, 0.717) is 6.04 Å². The molecule has 0 radical (unpaired) electrons. The van der Waals surface area contributed by atoms with Crippen LogP contribution >= 0.6 is 0 Å². The van der Waals surface area contributed by atoms with Crippen molar-refractivity contribution < 1.29 is 0 Å². The third-order valence-electron chi connectivity index (χ3n) is 2.61. The van der Waals surface area contributed by atoms with E-state index in [9.17, 15) is 0 Å². The van der Waals surface area contributed by atoms with Gasteiger partial charge in [-0.1, -0.05) is 13.0 Å². The summed E-state index contributed by atoms with van der Waals surface area (Å²) in [7, 11) is 0. The van der Waals surface area contributed by atoms with Crippen LogP contribution in [0.4, 0.5) is 0 Å². The number of hydrogen-bond donors (Lipinski definition) is 1. The molecule has 1 saturated heterocycles. The molecule has 1 aliphatic heterocycles. The fourth-order valence-corrected chi connectivity index (χ4v) is 1.83. The van der Waals surface area contributed by atoms with Crippen molar-refractivity contribution in [3.8, 4) is 0 Å². The third-order valence-corrected chi connectivity index (χ3v) is 2.61. The predicted molar refractivity (Wildman–Crippen MR) is 53.6 cm³/mol. The predicted octanol–water partition coefficient (Wildman–Crippen LogP) is 2.07. The van der Waals surface area contributed by atoms with Crippen LogP contribution < -0.4 is 5.32 Å². The SMILES string of the molecule is CCc1cccc(C2CCCN2)n1. The van der Waals surface area contributed by atoms with Gasteiger partial charge in [-0.15, -0.1) is 0 Å². The summed E-state index contributed by atoms with van der Waals surface area (Å²) in [5.41, 5.74) is 2.42. The molecule has 1 unspecified atom stereocenters. The minimum atomic E-state index is 0.506. The van der Waals surface area contributed by atoms with Crippen LogP contribution in [0.2, 0.25) is 0 Å². The zero-order valence-corrected chi connectivity index (χ0v) is 8.09. The highest BCUT2D eigenvalue weighted by molar-refractivity contribution is 5.15. The van der Waals surface area contributed by atoms with Crippen molar-refractivity contribution in [2.24, 2.45) is 0 Å². The Morgan fingerprint density at radius 3 is 3.15 bits per heavy atom. The van der Waals surface area contributed by atoms with Crippen molar-refractivity contribution in [2.75, 3.05) is 6.54 Å². The average Bonchev–Trinajstić information content (AvgIpc) is 2.71. The van der Waals surface area contributed by atoms with Crippen LogP contribution in [0.25, 0.3) is 0 Å². The molecule has 0 aromatic carbocycles. The molecule has 1 atom stereocenters. The van der Waals surface area contributed by atoms with E-state index in [0.717, 1.165) is 13.0 Å². The van der Waals surface area contributed by atoms with Gasteiger partial charge in [0.05, 0.1) is 5.69 Å². The van der Waals surface area contributed by atoms with Crippen LogP contribution in [0.15, 0.2) is 18.2 Å². The lowest BCUT2D eigenvalue weighted by Gasteiger charge is -2.09. The van der Waals surface area contributed by atoms with E-state index >= 15 is 0 Å². The second-order valence-corrected chi connectivity index (χ2v) is 3.56. The summed E-state index contributed by atoms with van der Waals surface area (Å²) in [5.74, 6) is 0. The van der Waals surface area contributed by atoms with Gasteiger partial charge >= 0.3 is 0 Å². The number of nitrogens with zero attached hydrogens (tertiary/aromatic N) is 1. The quantitative estimate of drug-likeness (QED) is 0.746. The maximum atomic E-state index is 4.61. The number of nitrogens with one attached hydrogen (secondary N) is 1. The van der Waals surface area contributed by atoms with E-state index in [4.69, 9.17) is 0 Å². The Morgan fingerprint density at radius 1 is 1.54 bits per heavy atom. The van der Waals surface area contributed by atoms with Gasteiger partial charge in [0, 0.05) is 11.7 Å². The summed E-state index contributed by atoms with van der Waals surface area (Å²) in [6, 6.07) is 6.84. The minimum absolute atomic E-state index is 0.506. The Labute approximate surface area is 79.4 Å². The van der Waals surface area contributed by atoms with Crippen LogP contribution in [-0.2, 0) is 6.42 Å². The fourth-order valence-electron chi connectivity index (χ4n) is 1.83. The van der Waals surface area contributed by atoms with Gasteiger partial charge in [-0.25, -0.2) is 0 Å². The molecule has 2 rings (SSSR count). The Kier molecular flexibility index (Phi) is 2.60. The zero-order valence-electron chi connectivity index (χ0n) is 8.09. The van der Waals surface area contributed by atoms with Crippen molar-refractivity contribution in [3.63, 3.8) is 0 Å². The van der Waals surface area contributed by atoms with Crippen LogP contribution in [0.5, 0.6) is 0 Å². The number of rotatable bonds is 2. The molecule has 2 heterocycles. The Balaban J connectivity index is 2.18. The van der Waals surface area contributed by atoms with E-state index < -0.39 is 0 Å². The van der Waals surface area contributed by atoms with Crippen LogP contribution in [0, 0.1) is 0 Å². The van der Waals surface area contributed by atoms with Gasteiger partial charge in [-0.3, -0.25) is 4.98 Å². The summed E-state index contributed by atoms with van der Waals surface area (Å²) >= 11 is 0. The van der Waals surface area contributed by atoms with Crippen molar-refractivity contribution in [1.29, 1.82) is 0 Å². The second-order valence-electron chi connectivity index (χ2n) is 3.56. The average molecular weight is 176 g/mol. The third kappa shape index (κ3) is 1.89. The molecule has 0 bridgehead atoms. The molecule has 70 valence electrons. The zero-order chi connectivity index (χ0) is 9.10. The Hall–Kier alpha value is -0.890. The van der Waals surface area contributed by atoms with E-state index in [1.165, 1.54) is 24.2 Å². The van der Waals surface area contributed by atoms with Crippen LogP contribution in [-0.4, -0.2) is 11.5 Å². The smallest absolute Gasteiger partial charge is 0.0576 e. The van der Waals surface area contributed by atoms with Gasteiger partial charge in [-0.2, -0.15) is 0 Å². The number of aryl methyl sites for hydroxylation is 1. The fraction of sp³-hybridized carbons (Fsp3) is 0.545. The largest absolute Gasteiger partial charge is 0.309 e. The molecule has 0 amide bonds. The summed E-state index contributed by atoms with van der Waals surface area (Å²) in [4.78, 5) is 4.61. The molecule has 2 nitrogen and oxygen atoms in total. The lowest BCUT2D eigenvalue weighted by atomic mass is 10.1. The van der Waals surface area contributed by atoms with Gasteiger partial charge in [0.15, 0.2) is 0 Å². The van der Waals surface area contributed by atoms with Gasteiger partial charge in [0.25, 0.3) is 0 Å². The van der Waals surface area contributed by atoms with Crippen molar-refractivity contribution in [1.82, 2.24) is 10.3 Å². The molecule has 0 spiro atoms. The van der Waals surface area contributed by atoms with Gasteiger partial charge in [0.1, 0.15) is 0 Å². The standard InChI is InChI=1S/C11H16N2/c1-2-9-5-3-6-11(13-9)10-7-4-8-12-10/h3,5-6,10,12H,2,4,7-8H2,1H3. The first kappa shape index (κ1) is 8.70. The van der Waals surface area contributed by atoms with E-state index in [2.05, 4.69) is 35.4 Å². The lowest BCUT2D eigenvalue weighted by Crippen LogP contribution is -2.14. The van der Waals surface area contributed by atoms with Gasteiger partial charge in [0.2, 0.25) is 0 Å². The first-order valence-corrected chi connectivity index (χ1v) is 5.09. The molecule has 1 aromatic rings. The van der Waals surface area contributed by atoms with Gasteiger partial charge in [-0.05, 0) is 37.9 Å². The van der Waals surface area contributed by atoms with Crippen molar-refractivity contribution in [3.05, 3.63) is 29.6 Å². The van der Waals surface area contributed by atoms with Gasteiger partial charge < -0.3 is 5.32 Å². The monoisotopic (exact) mass is 176 g/mol. The Bertz CT molecular complexity index is 277. The summed E-state index contributed by atoms with van der Waals surface area (Å²) in [5, 5.41) is 3.46. The highest BCUT2D eigenvalue weighted by atomic mass is 15.0. The second kappa shape index (κ2) is 3.88. The maximum absolute atomic E-state index is 4.61. The lowest BCUT2D eigenvalue weighted by molar-refractivity contribution is 0.624. The van der Waals surface area contributed by atoms with Crippen molar-refractivity contribution >= 4 is 0 Å². The van der Waals surface area contributed by atoms with E-state index in [1.54, 1.807) is 0 Å². The van der Waals surface area contributed by atoms with Crippen LogP contribution in [0.3, 0.4) is 0 Å². The molecular weight excluding hydrogens is 160 g/mol. The minimum Gasteiger partial charge on any atom is -0.309 e. The molecule has 1 fully saturated rings. The van der Waals surface area contributed by atoms with E-state index in [-0.39, 0.29) is 0 Å². The molecule has 0 saturated carbocycles. The van der Waals surface area contributed by atoms with E-state index in [1.807, 2.05) is 0 Å². The number of hydrogen-bond acceptors (Lipinski definition) is 2. The normalized spacial score (nSPS) is 22.1. The summed E-state index contributed by atoms with van der Waals surface area (Å²) in [6.07, 6.45) is 3.55. The molecule has 0 aliphatic carbocycles. The molecule has 1 N–H and O–H groups in total. The van der Waals surface area contributed by atoms with Crippen molar-refractivity contribution in [2.45, 2.75) is 32.2 Å². The summed E-state index contributed by atoms with van der Waals surface area (Å²) < 4.78 is 0. The highest BCUT2D eigenvalue weighted by Gasteiger charge is 2.16. The summed E-state index contributed by atoms with van der Waals surface area (Å²) in [6.45, 7) is 3.29. The molecule has 13 heavy (non-hydrogen) atoms. The number of aromatic nitrogens is 1. The van der Waals surface area contributed by atoms with Crippen LogP contribution in [0.1, 0.15) is 37.2 Å². The number of pyridine rings is 1. The molecule has 1 aliphatic rings.